The number of nitrogens with zero attached hydrogens (tertiary/aromatic N) is 2. The zero-order chi connectivity index (χ0) is 21.8. The fourth-order valence-corrected chi connectivity index (χ4v) is 4.53. The van der Waals surface area contributed by atoms with Crippen LogP contribution in [-0.4, -0.2) is 56.7 Å². The Hall–Kier alpha value is -2.90. The van der Waals surface area contributed by atoms with Crippen LogP contribution >= 0.6 is 0 Å². The summed E-state index contributed by atoms with van der Waals surface area (Å²) in [7, 11) is -3.18. The maximum atomic E-state index is 12.8. The van der Waals surface area contributed by atoms with E-state index < -0.39 is 9.84 Å². The SMILES string of the molecule is CS(=O)(=O)c1ccc(CN2CCCN(C(=O)Nc3ccc4ccccc4c3)CC2)cc1. The number of carbonyl (C=O) groups is 1. The van der Waals surface area contributed by atoms with Gasteiger partial charge in [0.05, 0.1) is 4.90 Å². The molecule has 162 valence electrons. The molecule has 3 aromatic carbocycles. The Morgan fingerprint density at radius 1 is 0.903 bits per heavy atom. The zero-order valence-corrected chi connectivity index (χ0v) is 18.4. The van der Waals surface area contributed by atoms with Crippen molar-refractivity contribution in [3.63, 3.8) is 0 Å². The standard InChI is InChI=1S/C24H27N3O3S/c1-31(29,30)23-11-7-19(8-12-23)18-26-13-4-14-27(16-15-26)24(28)25-22-10-9-20-5-2-3-6-21(20)17-22/h2-3,5-12,17H,4,13-16,18H2,1H3,(H,25,28). The van der Waals surface area contributed by atoms with Crippen LogP contribution < -0.4 is 5.32 Å². The minimum absolute atomic E-state index is 0.0744. The first-order chi connectivity index (χ1) is 14.9. The Labute approximate surface area is 183 Å². The van der Waals surface area contributed by atoms with Gasteiger partial charge in [0, 0.05) is 44.7 Å². The summed E-state index contributed by atoms with van der Waals surface area (Å²) < 4.78 is 23.2. The molecule has 1 fully saturated rings. The van der Waals surface area contributed by atoms with Crippen molar-refractivity contribution in [1.29, 1.82) is 0 Å². The van der Waals surface area contributed by atoms with E-state index in [9.17, 15) is 13.2 Å². The molecule has 31 heavy (non-hydrogen) atoms. The van der Waals surface area contributed by atoms with Gasteiger partial charge in [0.2, 0.25) is 0 Å². The Morgan fingerprint density at radius 3 is 2.39 bits per heavy atom. The minimum Gasteiger partial charge on any atom is -0.323 e. The van der Waals surface area contributed by atoms with Crippen LogP contribution in [0.5, 0.6) is 0 Å². The van der Waals surface area contributed by atoms with Crippen LogP contribution in [-0.2, 0) is 16.4 Å². The molecule has 0 unspecified atom stereocenters. The van der Waals surface area contributed by atoms with Crippen molar-refractivity contribution in [1.82, 2.24) is 9.80 Å². The largest absolute Gasteiger partial charge is 0.323 e. The van der Waals surface area contributed by atoms with Gasteiger partial charge in [-0.3, -0.25) is 4.90 Å². The highest BCUT2D eigenvalue weighted by Gasteiger charge is 2.19. The maximum absolute atomic E-state index is 12.8. The molecule has 0 aromatic heterocycles. The van der Waals surface area contributed by atoms with Gasteiger partial charge in [0.15, 0.2) is 9.84 Å². The second kappa shape index (κ2) is 9.08. The Balaban J connectivity index is 1.34. The molecule has 0 saturated carbocycles. The van der Waals surface area contributed by atoms with Crippen LogP contribution in [0.4, 0.5) is 10.5 Å². The van der Waals surface area contributed by atoms with Crippen LogP contribution in [0.25, 0.3) is 10.8 Å². The lowest BCUT2D eigenvalue weighted by atomic mass is 10.1. The summed E-state index contributed by atoms with van der Waals surface area (Å²) in [5, 5.41) is 5.28. The molecular formula is C24H27N3O3S. The van der Waals surface area contributed by atoms with Gasteiger partial charge < -0.3 is 10.2 Å². The third-order valence-electron chi connectivity index (χ3n) is 5.63. The van der Waals surface area contributed by atoms with Crippen molar-refractivity contribution in [3.05, 3.63) is 72.3 Å². The summed E-state index contributed by atoms with van der Waals surface area (Å²) in [5.41, 5.74) is 1.87. The summed E-state index contributed by atoms with van der Waals surface area (Å²) in [6, 6.07) is 21.0. The summed E-state index contributed by atoms with van der Waals surface area (Å²) in [4.78, 5) is 17.3. The van der Waals surface area contributed by atoms with Gasteiger partial charge in [-0.05, 0) is 47.0 Å². The van der Waals surface area contributed by atoms with Crippen LogP contribution in [0.15, 0.2) is 71.6 Å². The lowest BCUT2D eigenvalue weighted by molar-refractivity contribution is 0.211. The summed E-state index contributed by atoms with van der Waals surface area (Å²) in [6.07, 6.45) is 2.11. The third-order valence-corrected chi connectivity index (χ3v) is 6.76. The molecular weight excluding hydrogens is 410 g/mol. The summed E-state index contributed by atoms with van der Waals surface area (Å²) in [5.74, 6) is 0. The minimum atomic E-state index is -3.18. The normalized spacial score (nSPS) is 15.6. The number of anilines is 1. The number of benzene rings is 3. The van der Waals surface area contributed by atoms with Gasteiger partial charge in [0.25, 0.3) is 0 Å². The zero-order valence-electron chi connectivity index (χ0n) is 17.6. The van der Waals surface area contributed by atoms with Crippen molar-refractivity contribution in [3.8, 4) is 0 Å². The highest BCUT2D eigenvalue weighted by atomic mass is 32.2. The topological polar surface area (TPSA) is 69.7 Å². The summed E-state index contributed by atoms with van der Waals surface area (Å²) >= 11 is 0. The molecule has 1 aliphatic heterocycles. The second-order valence-corrected chi connectivity index (χ2v) is 10.0. The van der Waals surface area contributed by atoms with Crippen molar-refractivity contribution in [2.45, 2.75) is 17.9 Å². The number of amides is 2. The summed E-state index contributed by atoms with van der Waals surface area (Å²) in [6.45, 7) is 3.78. The van der Waals surface area contributed by atoms with E-state index in [-0.39, 0.29) is 6.03 Å². The molecule has 0 bridgehead atoms. The number of hydrogen-bond donors (Lipinski definition) is 1. The molecule has 1 heterocycles. The van der Waals surface area contributed by atoms with Gasteiger partial charge in [-0.15, -0.1) is 0 Å². The van der Waals surface area contributed by atoms with E-state index in [1.54, 1.807) is 12.1 Å². The maximum Gasteiger partial charge on any atom is 0.321 e. The van der Waals surface area contributed by atoms with Crippen LogP contribution in [0, 0.1) is 0 Å². The highest BCUT2D eigenvalue weighted by Crippen LogP contribution is 2.20. The van der Waals surface area contributed by atoms with Gasteiger partial charge in [-0.25, -0.2) is 13.2 Å². The van der Waals surface area contributed by atoms with Gasteiger partial charge in [0.1, 0.15) is 0 Å². The molecule has 4 rings (SSSR count). The first kappa shape index (κ1) is 21.3. The van der Waals surface area contributed by atoms with E-state index in [0.717, 1.165) is 48.1 Å². The van der Waals surface area contributed by atoms with Crippen molar-refractivity contribution < 1.29 is 13.2 Å². The van der Waals surface area contributed by atoms with Crippen molar-refractivity contribution in [2.75, 3.05) is 37.8 Å². The van der Waals surface area contributed by atoms with Crippen LogP contribution in [0.2, 0.25) is 0 Å². The molecule has 1 saturated heterocycles. The number of hydrogen-bond acceptors (Lipinski definition) is 4. The van der Waals surface area contributed by atoms with Gasteiger partial charge in [-0.1, -0.05) is 42.5 Å². The lowest BCUT2D eigenvalue weighted by Crippen LogP contribution is -2.38. The van der Waals surface area contributed by atoms with E-state index in [4.69, 9.17) is 0 Å². The van der Waals surface area contributed by atoms with E-state index in [0.29, 0.717) is 18.0 Å². The molecule has 1 N–H and O–H groups in total. The predicted octanol–water partition coefficient (Wildman–Crippen LogP) is 3.98. The molecule has 0 aliphatic carbocycles. The molecule has 6 nitrogen and oxygen atoms in total. The van der Waals surface area contributed by atoms with E-state index in [1.165, 1.54) is 6.26 Å². The lowest BCUT2D eigenvalue weighted by Gasteiger charge is -2.22. The third kappa shape index (κ3) is 5.42. The average Bonchev–Trinajstić information content (AvgIpc) is 2.99. The predicted molar refractivity (Wildman–Crippen MR) is 124 cm³/mol. The Bertz CT molecular complexity index is 1180. The monoisotopic (exact) mass is 437 g/mol. The van der Waals surface area contributed by atoms with Crippen molar-refractivity contribution >= 4 is 32.3 Å². The van der Waals surface area contributed by atoms with Gasteiger partial charge >= 0.3 is 6.03 Å². The molecule has 0 radical (unpaired) electrons. The Morgan fingerprint density at radius 2 is 1.65 bits per heavy atom. The smallest absolute Gasteiger partial charge is 0.321 e. The second-order valence-electron chi connectivity index (χ2n) is 8.02. The van der Waals surface area contributed by atoms with Crippen LogP contribution in [0.1, 0.15) is 12.0 Å². The average molecular weight is 438 g/mol. The molecule has 0 atom stereocenters. The van der Waals surface area contributed by atoms with E-state index in [1.807, 2.05) is 53.4 Å². The number of carbonyl (C=O) groups excluding carboxylic acids is 1. The van der Waals surface area contributed by atoms with E-state index >= 15 is 0 Å². The fourth-order valence-electron chi connectivity index (χ4n) is 3.90. The van der Waals surface area contributed by atoms with E-state index in [2.05, 4.69) is 16.3 Å². The highest BCUT2D eigenvalue weighted by molar-refractivity contribution is 7.90. The quantitative estimate of drug-likeness (QED) is 0.670. The van der Waals surface area contributed by atoms with Crippen molar-refractivity contribution in [2.24, 2.45) is 0 Å². The molecule has 0 spiro atoms. The number of rotatable bonds is 4. The van der Waals surface area contributed by atoms with Gasteiger partial charge in [-0.2, -0.15) is 0 Å². The van der Waals surface area contributed by atoms with Crippen LogP contribution in [0.3, 0.4) is 0 Å². The molecule has 1 aliphatic rings. The fraction of sp³-hybridized carbons (Fsp3) is 0.292. The number of sulfone groups is 1. The number of nitrogens with one attached hydrogen (secondary N) is 1. The number of urea groups is 1. The first-order valence-corrected chi connectivity index (χ1v) is 12.3. The first-order valence-electron chi connectivity index (χ1n) is 10.4. The number of fused-ring (bicyclic) bond motifs is 1. The Kier molecular flexibility index (Phi) is 6.25. The molecule has 2 amide bonds. The molecule has 7 heteroatoms. The molecule has 3 aromatic rings.